The van der Waals surface area contributed by atoms with Crippen LogP contribution in [-0.2, 0) is 6.54 Å². The first-order chi connectivity index (χ1) is 15.0. The number of nitrogens with one attached hydrogen (secondary N) is 1. The first-order valence-electron chi connectivity index (χ1n) is 9.86. The molecule has 158 valence electrons. The fourth-order valence-corrected chi connectivity index (χ4v) is 3.68. The summed E-state index contributed by atoms with van der Waals surface area (Å²) in [5.74, 6) is 0.359. The third-order valence-corrected chi connectivity index (χ3v) is 5.16. The van der Waals surface area contributed by atoms with Crippen LogP contribution in [0.3, 0.4) is 0 Å². The van der Waals surface area contributed by atoms with E-state index in [0.29, 0.717) is 46.5 Å². The summed E-state index contributed by atoms with van der Waals surface area (Å²) in [7, 11) is 0. The van der Waals surface area contributed by atoms with Crippen molar-refractivity contribution in [1.82, 2.24) is 24.5 Å². The number of halogens is 1. The lowest BCUT2D eigenvalue weighted by molar-refractivity contribution is 0.311. The highest BCUT2D eigenvalue weighted by atomic mass is 35.5. The van der Waals surface area contributed by atoms with Gasteiger partial charge in [0.25, 0.3) is 5.56 Å². The number of hydrogen-bond donors (Lipinski definition) is 2. The van der Waals surface area contributed by atoms with Gasteiger partial charge in [0.05, 0.1) is 24.2 Å². The van der Waals surface area contributed by atoms with Crippen molar-refractivity contribution in [2.24, 2.45) is 0 Å². The van der Waals surface area contributed by atoms with E-state index in [1.54, 1.807) is 35.3 Å². The van der Waals surface area contributed by atoms with Crippen LogP contribution < -0.4 is 10.9 Å². The zero-order chi connectivity index (χ0) is 22.0. The summed E-state index contributed by atoms with van der Waals surface area (Å²) in [6, 6.07) is 7.25. The number of aromatic nitrogens is 5. The smallest absolute Gasteiger partial charge is 0.260 e. The van der Waals surface area contributed by atoms with Crippen LogP contribution in [0.4, 0.5) is 5.95 Å². The van der Waals surface area contributed by atoms with Crippen LogP contribution in [0.2, 0.25) is 5.02 Å². The van der Waals surface area contributed by atoms with Crippen molar-refractivity contribution in [3.05, 3.63) is 63.9 Å². The van der Waals surface area contributed by atoms with Crippen LogP contribution in [0.1, 0.15) is 12.6 Å². The van der Waals surface area contributed by atoms with Gasteiger partial charge in [0.1, 0.15) is 5.65 Å². The maximum Gasteiger partial charge on any atom is 0.260 e. The molecule has 9 heteroatoms. The second-order valence-corrected chi connectivity index (χ2v) is 7.38. The van der Waals surface area contributed by atoms with Crippen LogP contribution in [-0.4, -0.2) is 42.8 Å². The Hall–Kier alpha value is -3.36. The predicted octanol–water partition coefficient (Wildman–Crippen LogP) is 3.30. The van der Waals surface area contributed by atoms with Crippen molar-refractivity contribution in [2.75, 3.05) is 18.5 Å². The number of fused-ring (bicyclic) bond motifs is 1. The molecular weight excluding hydrogens is 416 g/mol. The first-order valence-corrected chi connectivity index (χ1v) is 10.2. The first kappa shape index (κ1) is 20.9. The molecular formula is C22H21ClN6O2. The third kappa shape index (κ3) is 4.12. The molecule has 8 nitrogen and oxygen atoms in total. The minimum absolute atomic E-state index is 0.0381. The molecule has 0 aliphatic carbocycles. The SMILES string of the molecule is CCn1c(=O)c(-c2ccc(-c3cncc(C)n3)cc2Cl)cc2cnc(NCCO)nc21. The molecule has 1 aromatic carbocycles. The maximum absolute atomic E-state index is 13.3. The van der Waals surface area contributed by atoms with Gasteiger partial charge >= 0.3 is 0 Å². The molecule has 2 N–H and O–H groups in total. The Labute approximate surface area is 183 Å². The third-order valence-electron chi connectivity index (χ3n) is 4.85. The summed E-state index contributed by atoms with van der Waals surface area (Å²) in [5.41, 5.74) is 3.79. The predicted molar refractivity (Wildman–Crippen MR) is 121 cm³/mol. The lowest BCUT2D eigenvalue weighted by Gasteiger charge is -2.13. The number of benzene rings is 1. The quantitative estimate of drug-likeness (QED) is 0.477. The summed E-state index contributed by atoms with van der Waals surface area (Å²) in [6.45, 7) is 4.49. The van der Waals surface area contributed by atoms with Crippen molar-refractivity contribution in [2.45, 2.75) is 20.4 Å². The highest BCUT2D eigenvalue weighted by Crippen LogP contribution is 2.31. The Morgan fingerprint density at radius 1 is 1.13 bits per heavy atom. The Bertz CT molecular complexity index is 1320. The zero-order valence-electron chi connectivity index (χ0n) is 17.1. The Morgan fingerprint density at radius 2 is 1.97 bits per heavy atom. The number of hydrogen-bond acceptors (Lipinski definition) is 7. The Morgan fingerprint density at radius 3 is 2.68 bits per heavy atom. The topological polar surface area (TPSA) is 106 Å². The van der Waals surface area contributed by atoms with E-state index < -0.39 is 0 Å². The van der Waals surface area contributed by atoms with Gasteiger partial charge in [0, 0.05) is 52.6 Å². The summed E-state index contributed by atoms with van der Waals surface area (Å²) < 4.78 is 1.59. The van der Waals surface area contributed by atoms with Gasteiger partial charge in [0.2, 0.25) is 5.95 Å². The Kier molecular flexibility index (Phi) is 5.92. The van der Waals surface area contributed by atoms with Gasteiger partial charge in [0.15, 0.2) is 0 Å². The van der Waals surface area contributed by atoms with Gasteiger partial charge in [-0.1, -0.05) is 23.7 Å². The van der Waals surface area contributed by atoms with E-state index in [9.17, 15) is 4.79 Å². The Balaban J connectivity index is 1.82. The van der Waals surface area contributed by atoms with E-state index in [1.165, 1.54) is 0 Å². The van der Waals surface area contributed by atoms with Crippen LogP contribution in [0, 0.1) is 6.92 Å². The van der Waals surface area contributed by atoms with E-state index >= 15 is 0 Å². The van der Waals surface area contributed by atoms with Crippen LogP contribution in [0.5, 0.6) is 0 Å². The van der Waals surface area contributed by atoms with E-state index in [1.807, 2.05) is 26.0 Å². The van der Waals surface area contributed by atoms with E-state index in [2.05, 4.69) is 25.3 Å². The molecule has 31 heavy (non-hydrogen) atoms. The number of aryl methyl sites for hydroxylation is 2. The second-order valence-electron chi connectivity index (χ2n) is 6.97. The van der Waals surface area contributed by atoms with Crippen molar-refractivity contribution >= 4 is 28.6 Å². The maximum atomic E-state index is 13.3. The standard InChI is InChI=1S/C22H21ClN6O2/c1-3-29-20-15(11-26-22(28-20)25-6-7-30)8-17(21(29)31)16-5-4-14(9-18(16)23)19-12-24-10-13(2)27-19/h4-5,8-12,30H,3,6-7H2,1-2H3,(H,25,26,28). The van der Waals surface area contributed by atoms with Crippen LogP contribution >= 0.6 is 11.6 Å². The van der Waals surface area contributed by atoms with Gasteiger partial charge in [-0.25, -0.2) is 9.97 Å². The van der Waals surface area contributed by atoms with E-state index in [0.717, 1.165) is 16.6 Å². The van der Waals surface area contributed by atoms with Crippen molar-refractivity contribution in [3.63, 3.8) is 0 Å². The molecule has 0 atom stereocenters. The highest BCUT2D eigenvalue weighted by molar-refractivity contribution is 6.33. The molecule has 0 fully saturated rings. The molecule has 3 heterocycles. The average Bonchev–Trinajstić information content (AvgIpc) is 2.77. The number of rotatable bonds is 6. The molecule has 0 radical (unpaired) electrons. The zero-order valence-corrected chi connectivity index (χ0v) is 17.9. The summed E-state index contributed by atoms with van der Waals surface area (Å²) in [4.78, 5) is 30.6. The van der Waals surface area contributed by atoms with Crippen LogP contribution in [0.25, 0.3) is 33.4 Å². The van der Waals surface area contributed by atoms with E-state index in [4.69, 9.17) is 16.7 Å². The lowest BCUT2D eigenvalue weighted by atomic mass is 10.0. The largest absolute Gasteiger partial charge is 0.395 e. The van der Waals surface area contributed by atoms with Crippen LogP contribution in [0.15, 0.2) is 47.7 Å². The molecule has 0 saturated carbocycles. The molecule has 4 aromatic rings. The van der Waals surface area contributed by atoms with Gasteiger partial charge < -0.3 is 10.4 Å². The molecule has 0 saturated heterocycles. The van der Waals surface area contributed by atoms with Gasteiger partial charge in [-0.2, -0.15) is 4.98 Å². The van der Waals surface area contributed by atoms with Crippen molar-refractivity contribution in [1.29, 1.82) is 0 Å². The number of anilines is 1. The summed E-state index contributed by atoms with van der Waals surface area (Å²) >= 11 is 6.59. The van der Waals surface area contributed by atoms with Crippen molar-refractivity contribution in [3.8, 4) is 22.4 Å². The fourth-order valence-electron chi connectivity index (χ4n) is 3.39. The number of aliphatic hydroxyl groups excluding tert-OH is 1. The molecule has 0 unspecified atom stereocenters. The summed E-state index contributed by atoms with van der Waals surface area (Å²) in [5, 5.41) is 13.1. The van der Waals surface area contributed by atoms with Crippen molar-refractivity contribution < 1.29 is 5.11 Å². The van der Waals surface area contributed by atoms with E-state index in [-0.39, 0.29) is 12.2 Å². The number of nitrogens with zero attached hydrogens (tertiary/aromatic N) is 5. The molecule has 4 rings (SSSR count). The lowest BCUT2D eigenvalue weighted by Crippen LogP contribution is -2.22. The van der Waals surface area contributed by atoms with Gasteiger partial charge in [-0.15, -0.1) is 0 Å². The normalized spacial score (nSPS) is 11.1. The highest BCUT2D eigenvalue weighted by Gasteiger charge is 2.15. The monoisotopic (exact) mass is 436 g/mol. The molecule has 0 amide bonds. The molecule has 0 aliphatic heterocycles. The second kappa shape index (κ2) is 8.79. The molecule has 0 spiro atoms. The fraction of sp³-hybridized carbons (Fsp3) is 0.227. The average molecular weight is 437 g/mol. The molecule has 0 bridgehead atoms. The minimum Gasteiger partial charge on any atom is -0.395 e. The van der Waals surface area contributed by atoms with Gasteiger partial charge in [-0.3, -0.25) is 14.3 Å². The molecule has 3 aromatic heterocycles. The number of pyridine rings is 1. The minimum atomic E-state index is -0.188. The van der Waals surface area contributed by atoms with Gasteiger partial charge in [-0.05, 0) is 26.0 Å². The number of aliphatic hydroxyl groups is 1. The summed E-state index contributed by atoms with van der Waals surface area (Å²) in [6.07, 6.45) is 5.02. The molecule has 0 aliphatic rings.